The first-order valence-electron chi connectivity index (χ1n) is 39.5. The van der Waals surface area contributed by atoms with E-state index in [9.17, 15) is 14.4 Å². The van der Waals surface area contributed by atoms with E-state index in [0.717, 1.165) is 45.3 Å². The molecule has 0 radical (unpaired) electrons. The monoisotopic (exact) mass is 1510 g/mol. The highest BCUT2D eigenvalue weighted by Crippen LogP contribution is 2.46. The van der Waals surface area contributed by atoms with Crippen molar-refractivity contribution >= 4 is 36.9 Å². The topological polar surface area (TPSA) is 159 Å². The van der Waals surface area contributed by atoms with E-state index in [4.69, 9.17) is 51.8 Å². The zero-order chi connectivity index (χ0) is 79.2. The van der Waals surface area contributed by atoms with Crippen molar-refractivity contribution in [3.05, 3.63) is 227 Å². The second-order valence-electron chi connectivity index (χ2n) is 33.8. The van der Waals surface area contributed by atoms with Crippen molar-refractivity contribution in [1.29, 1.82) is 0 Å². The zero-order valence-corrected chi connectivity index (χ0v) is 70.0. The number of nitrogens with zero attached hydrogens (tertiary/aromatic N) is 2. The van der Waals surface area contributed by atoms with Crippen LogP contribution in [0.2, 0.25) is 5.04 Å². The smallest absolute Gasteiger partial charge is 0.340 e. The number of rotatable bonds is 32. The number of cyclic esters (lactones) is 2. The lowest BCUT2D eigenvalue weighted by atomic mass is 9.80. The zero-order valence-electron chi connectivity index (χ0n) is 69.0. The third-order valence-corrected chi connectivity index (χ3v) is 27.7. The molecule has 4 heterocycles. The van der Waals surface area contributed by atoms with E-state index in [1.807, 2.05) is 32.9 Å². The van der Waals surface area contributed by atoms with Crippen LogP contribution in [0.1, 0.15) is 179 Å². The van der Waals surface area contributed by atoms with Gasteiger partial charge in [-0.1, -0.05) is 244 Å². The number of esters is 2. The van der Waals surface area contributed by atoms with E-state index >= 15 is 0 Å². The molecule has 4 aliphatic heterocycles. The van der Waals surface area contributed by atoms with Crippen molar-refractivity contribution in [2.45, 2.75) is 260 Å². The van der Waals surface area contributed by atoms with Crippen LogP contribution in [0.5, 0.6) is 0 Å². The van der Waals surface area contributed by atoms with Gasteiger partial charge in [0, 0.05) is 116 Å². The number of methoxy groups -OCH3 is 2. The van der Waals surface area contributed by atoms with Gasteiger partial charge in [-0.25, -0.2) is 9.59 Å². The lowest BCUT2D eigenvalue weighted by molar-refractivity contribution is -0.287. The molecule has 0 aromatic heterocycles. The lowest BCUT2D eigenvalue weighted by Gasteiger charge is -2.49. The Bertz CT molecular complexity index is 3790. The van der Waals surface area contributed by atoms with E-state index in [1.165, 1.54) is 32.6 Å². The summed E-state index contributed by atoms with van der Waals surface area (Å²) in [6.45, 7) is 42.0. The summed E-state index contributed by atoms with van der Waals surface area (Å²) in [5.74, 6) is -3.18. The van der Waals surface area contributed by atoms with Gasteiger partial charge in [-0.2, -0.15) is 0 Å². The molecule has 0 spiro atoms. The Morgan fingerprint density at radius 2 is 0.798 bits per heavy atom. The molecule has 4 unspecified atom stereocenters. The minimum absolute atomic E-state index is 0.0216. The Hall–Kier alpha value is -7.13. The summed E-state index contributed by atoms with van der Waals surface area (Å²) in [5.41, 5.74) is 4.05. The van der Waals surface area contributed by atoms with Gasteiger partial charge in [0.05, 0.1) is 46.8 Å². The Morgan fingerprint density at radius 3 is 1.10 bits per heavy atom. The standard InChI is InChI=1S/C54H73NO7Si.C38H53NO7/c1-38(37-58-63(52(6,7)8,45-29-21-15-22-30-45)46-31-23-16-24-32-46)34-54(11,57-12)49(41(4)48-42(5)50(56)62-53(9,10)61-48)60-51-40(3)47(33-39(2)59-51)55(35-43-25-17-13-18-26-43)36-44-27-19-14-20-28-44;1-25(24-40)21-38(8,42-9)34(28(4)33-29(5)35(41)46-37(6,7)45-33)44-36-27(3)32(20-26(2)43-36)39(22-30-16-12-10-13-17-30)23-31-18-14-11-15-19-31/h13-32,38-41,47,49,51H,33-37H2,1-12H3;10-19,24-28,32,34,36H,20-23H2,1-9H3/t38-,39-,40?,41+,47?,49-,51+,54-;25-,26-,27?,28+,32?,34-,36+,38-/m11/s1. The van der Waals surface area contributed by atoms with Crippen LogP contribution in [0.25, 0.3) is 0 Å². The molecule has 0 amide bonds. The molecule has 0 saturated carbocycles. The third-order valence-electron chi connectivity index (χ3n) is 22.7. The fraction of sp³-hybridized carbons (Fsp3) is 0.533. The minimum atomic E-state index is -2.81. The van der Waals surface area contributed by atoms with E-state index in [2.05, 4.69) is 249 Å². The fourth-order valence-corrected chi connectivity index (χ4v) is 21.7. The van der Waals surface area contributed by atoms with Crippen LogP contribution in [-0.4, -0.2) is 129 Å². The number of ether oxygens (including phenoxy) is 10. The first-order valence-corrected chi connectivity index (χ1v) is 41.4. The molecule has 0 N–H and O–H groups in total. The number of hydrogen-bond acceptors (Lipinski definition) is 16. The van der Waals surface area contributed by atoms with Crippen molar-refractivity contribution in [2.24, 2.45) is 35.5 Å². The summed E-state index contributed by atoms with van der Waals surface area (Å²) in [7, 11) is 0.592. The summed E-state index contributed by atoms with van der Waals surface area (Å²) >= 11 is 0. The summed E-state index contributed by atoms with van der Waals surface area (Å²) in [6.07, 6.45) is 1.12. The number of benzene rings is 6. The highest BCUT2D eigenvalue weighted by Gasteiger charge is 2.54. The Morgan fingerprint density at radius 1 is 0.486 bits per heavy atom. The highest BCUT2D eigenvalue weighted by atomic mass is 28.4. The SMILES string of the molecule is CO[C@](C)(C[C@@H](C)C=O)[C@H](O[C@@H]1O[C@H](C)CC(N(Cc2ccccc2)Cc2ccccc2)C1C)[C@@H](C)C1=C(C)C(=O)OC(C)(C)O1.CO[C@](C)(C[C@@H](C)CO[Si](c1ccccc1)(c1ccccc1)C(C)(C)C)[C@H](O[C@@H]1O[C@H](C)CC(N(Cc2ccccc2)Cc2ccccc2)C1C)[C@@H](C)C1=C(C)C(=O)OC(C)(C)O1. The fourth-order valence-electron chi connectivity index (χ4n) is 17.1. The normalized spacial score (nSPS) is 24.5. The third kappa shape index (κ3) is 21.6. The summed E-state index contributed by atoms with van der Waals surface area (Å²) in [4.78, 5) is 43.2. The molecule has 10 rings (SSSR count). The lowest BCUT2D eigenvalue weighted by Crippen LogP contribution is -2.67. The van der Waals surface area contributed by atoms with Crippen molar-refractivity contribution in [3.8, 4) is 0 Å². The Kier molecular flexibility index (Phi) is 29.5. The molecule has 2 fully saturated rings. The van der Waals surface area contributed by atoms with Gasteiger partial charge in [0.25, 0.3) is 8.32 Å². The number of carbonyl (C=O) groups is 3. The van der Waals surface area contributed by atoms with E-state index in [0.29, 0.717) is 42.1 Å². The van der Waals surface area contributed by atoms with E-state index in [-0.39, 0.29) is 53.0 Å². The summed E-state index contributed by atoms with van der Waals surface area (Å²) < 4.78 is 72.2. The van der Waals surface area contributed by atoms with Gasteiger partial charge in [-0.05, 0) is 111 Å². The van der Waals surface area contributed by atoms with E-state index < -0.39 is 79.7 Å². The van der Waals surface area contributed by atoms with Crippen LogP contribution in [0, 0.1) is 35.5 Å². The molecule has 16 nitrogen and oxygen atoms in total. The van der Waals surface area contributed by atoms with Crippen molar-refractivity contribution in [1.82, 2.24) is 9.80 Å². The molecule has 4 aliphatic rings. The molecule has 592 valence electrons. The maximum Gasteiger partial charge on any atom is 0.340 e. The molecule has 109 heavy (non-hydrogen) atoms. The van der Waals surface area contributed by atoms with Crippen molar-refractivity contribution in [3.63, 3.8) is 0 Å². The van der Waals surface area contributed by atoms with Gasteiger partial charge in [-0.3, -0.25) is 9.80 Å². The second kappa shape index (κ2) is 37.5. The Labute approximate surface area is 653 Å². The molecule has 0 bridgehead atoms. The molecule has 2 saturated heterocycles. The highest BCUT2D eigenvalue weighted by molar-refractivity contribution is 6.99. The van der Waals surface area contributed by atoms with Gasteiger partial charge in [0.15, 0.2) is 12.6 Å². The number of carbonyl (C=O) groups excluding carboxylic acids is 3. The molecular formula is C92H126N2O14Si. The largest absolute Gasteiger partial charge is 0.456 e. The first-order chi connectivity index (χ1) is 51.6. The van der Waals surface area contributed by atoms with Crippen LogP contribution in [0.4, 0.5) is 0 Å². The van der Waals surface area contributed by atoms with Crippen LogP contribution < -0.4 is 10.4 Å². The first kappa shape index (κ1) is 85.9. The Balaban J connectivity index is 0.000000264. The van der Waals surface area contributed by atoms with Crippen LogP contribution in [0.3, 0.4) is 0 Å². The second-order valence-corrected chi connectivity index (χ2v) is 38.1. The molecule has 16 atom stereocenters. The quantitative estimate of drug-likeness (QED) is 0.0223. The van der Waals surface area contributed by atoms with Crippen molar-refractivity contribution < 1.29 is 66.2 Å². The minimum Gasteiger partial charge on any atom is -0.456 e. The molecule has 0 aliphatic carbocycles. The predicted molar refractivity (Wildman–Crippen MR) is 432 cm³/mol. The van der Waals surface area contributed by atoms with Crippen LogP contribution in [0.15, 0.2) is 205 Å². The van der Waals surface area contributed by atoms with Gasteiger partial charge >= 0.3 is 11.9 Å². The molecule has 6 aromatic rings. The van der Waals surface area contributed by atoms with Crippen molar-refractivity contribution in [2.75, 3.05) is 20.8 Å². The van der Waals surface area contributed by atoms with Crippen LogP contribution in [-0.2, 0) is 92.4 Å². The molecule has 6 aromatic carbocycles. The van der Waals surface area contributed by atoms with E-state index in [1.54, 1.807) is 55.8 Å². The predicted octanol–water partition coefficient (Wildman–Crippen LogP) is 17.5. The molecule has 17 heteroatoms. The average Bonchev–Trinajstić information content (AvgIpc) is 0.772. The maximum absolute atomic E-state index is 13.4. The van der Waals surface area contributed by atoms with Gasteiger partial charge < -0.3 is 56.6 Å². The summed E-state index contributed by atoms with van der Waals surface area (Å²) in [5, 5.41) is 2.32. The van der Waals surface area contributed by atoms with Gasteiger partial charge in [-0.15, -0.1) is 0 Å². The summed E-state index contributed by atoms with van der Waals surface area (Å²) in [6, 6.07) is 64.3. The van der Waals surface area contributed by atoms with Gasteiger partial charge in [0.1, 0.15) is 17.8 Å². The average molecular weight is 1510 g/mol. The van der Waals surface area contributed by atoms with Gasteiger partial charge in [0.2, 0.25) is 11.6 Å². The number of aldehydes is 1. The maximum atomic E-state index is 13.4. The molecular weight excluding hydrogens is 1390 g/mol. The number of hydrogen-bond donors (Lipinski definition) is 0. The van der Waals surface area contributed by atoms with Crippen LogP contribution >= 0.6 is 0 Å².